The number of ether oxygens (including phenoxy) is 3. The lowest BCUT2D eigenvalue weighted by molar-refractivity contribution is -0.134. The van der Waals surface area contributed by atoms with Gasteiger partial charge in [0.2, 0.25) is 0 Å². The first-order valence-corrected chi connectivity index (χ1v) is 16.8. The molecule has 1 aromatic heterocycles. The van der Waals surface area contributed by atoms with Gasteiger partial charge in [0.05, 0.1) is 9.50 Å². The van der Waals surface area contributed by atoms with Crippen molar-refractivity contribution in [3.8, 4) is 11.8 Å². The normalized spacial score (nSPS) is 22.5. The molecule has 4 aliphatic rings. The molecule has 9 nitrogen and oxygen atoms in total. The zero-order valence-electron chi connectivity index (χ0n) is 25.8. The third-order valence-corrected chi connectivity index (χ3v) is 10.5. The summed E-state index contributed by atoms with van der Waals surface area (Å²) < 4.78 is 46.0. The predicted octanol–water partition coefficient (Wildman–Crippen LogP) is 6.92. The Balaban J connectivity index is 1.26. The fraction of sp³-hybridized carbons (Fsp3) is 0.710. The Morgan fingerprint density at radius 3 is 2.32 bits per heavy atom. The number of hydrogen-bond donors (Lipinski definition) is 0. The van der Waals surface area contributed by atoms with Gasteiger partial charge in [0.1, 0.15) is 29.1 Å². The van der Waals surface area contributed by atoms with Gasteiger partial charge >= 0.3 is 12.1 Å². The van der Waals surface area contributed by atoms with E-state index >= 15 is 0 Å². The minimum Gasteiger partial charge on any atom is -0.486 e. The van der Waals surface area contributed by atoms with Gasteiger partial charge < -0.3 is 28.9 Å². The molecule has 0 unspecified atom stereocenters. The molecule has 0 bridgehead atoms. The second kappa shape index (κ2) is 11.9. The minimum absolute atomic E-state index is 0.0213. The maximum Gasteiger partial charge on any atom is 0.410 e. The number of likely N-dealkylation sites (tertiary alicyclic amines) is 2. The molecule has 242 valence electrons. The summed E-state index contributed by atoms with van der Waals surface area (Å²) in [4.78, 5) is 28.7. The van der Waals surface area contributed by atoms with Crippen molar-refractivity contribution in [2.45, 2.75) is 90.0 Å². The van der Waals surface area contributed by atoms with Crippen molar-refractivity contribution < 1.29 is 27.8 Å². The molecule has 13 heteroatoms. The Hall–Kier alpha value is -2.18. The molecule has 2 aromatic rings. The number of amides is 1. The summed E-state index contributed by atoms with van der Waals surface area (Å²) >= 11 is 10.2. The second-order valence-corrected chi connectivity index (χ2v) is 15.0. The van der Waals surface area contributed by atoms with Gasteiger partial charge in [-0.25, -0.2) is 13.6 Å². The Labute approximate surface area is 270 Å². The van der Waals surface area contributed by atoms with Crippen LogP contribution < -0.4 is 14.4 Å². The van der Waals surface area contributed by atoms with E-state index in [2.05, 4.69) is 32.7 Å². The van der Waals surface area contributed by atoms with Gasteiger partial charge in [0.25, 0.3) is 5.92 Å². The Morgan fingerprint density at radius 1 is 1.07 bits per heavy atom. The third kappa shape index (κ3) is 6.67. The summed E-state index contributed by atoms with van der Waals surface area (Å²) in [6.07, 6.45) is 1.89. The molecule has 1 saturated carbocycles. The van der Waals surface area contributed by atoms with Crippen LogP contribution in [0.25, 0.3) is 10.9 Å². The predicted molar refractivity (Wildman–Crippen MR) is 168 cm³/mol. The molecule has 1 spiro atoms. The number of anilines is 1. The van der Waals surface area contributed by atoms with E-state index in [9.17, 15) is 13.6 Å². The van der Waals surface area contributed by atoms with Gasteiger partial charge in [-0.2, -0.15) is 9.97 Å². The first kappa shape index (κ1) is 31.8. The molecule has 0 N–H and O–H groups in total. The number of rotatable bonds is 6. The Morgan fingerprint density at radius 2 is 1.73 bits per heavy atom. The number of carbonyl (C=O) groups excluding carboxylic acids is 1. The highest BCUT2D eigenvalue weighted by Crippen LogP contribution is 2.48. The van der Waals surface area contributed by atoms with Gasteiger partial charge in [0.15, 0.2) is 5.75 Å². The van der Waals surface area contributed by atoms with Crippen molar-refractivity contribution in [3.05, 3.63) is 15.6 Å². The molecule has 44 heavy (non-hydrogen) atoms. The summed E-state index contributed by atoms with van der Waals surface area (Å²) in [5.74, 6) is -1.70. The number of alkyl halides is 2. The lowest BCUT2D eigenvalue weighted by Crippen LogP contribution is -2.62. The van der Waals surface area contributed by atoms with E-state index in [0.717, 1.165) is 58.4 Å². The number of carbonyl (C=O) groups is 1. The van der Waals surface area contributed by atoms with Crippen molar-refractivity contribution >= 4 is 50.3 Å². The number of fused-ring (bicyclic) bond motifs is 1. The van der Waals surface area contributed by atoms with Crippen molar-refractivity contribution in [3.63, 3.8) is 0 Å². The standard InChI is InChI=1S/C31H41BrClF2N5O4/c1-5-38-10-6-19(7-11-38)43-27-36-24-21(14-22(33)23(32)25(24)42-20-15-31(34,35)16-20)26(37-27)39-12-8-30(9-13-39)17-40(18-30)28(41)44-29(2,3)4/h14,19-20H,5-13,15-18H2,1-4H3. The van der Waals surface area contributed by atoms with E-state index in [4.69, 9.17) is 35.8 Å². The van der Waals surface area contributed by atoms with Crippen LogP contribution in [0.4, 0.5) is 19.4 Å². The molecule has 0 radical (unpaired) electrons. The van der Waals surface area contributed by atoms with Gasteiger partial charge in [-0.1, -0.05) is 18.5 Å². The minimum atomic E-state index is -2.72. The fourth-order valence-corrected chi connectivity index (χ4v) is 7.21. The first-order chi connectivity index (χ1) is 20.7. The van der Waals surface area contributed by atoms with Gasteiger partial charge in [-0.05, 0) is 75.0 Å². The molecule has 1 aliphatic carbocycles. The molecule has 4 heterocycles. The maximum atomic E-state index is 13.7. The maximum absolute atomic E-state index is 13.7. The van der Waals surface area contributed by atoms with Crippen LogP contribution in [0.15, 0.2) is 10.5 Å². The summed E-state index contributed by atoms with van der Waals surface area (Å²) in [6, 6.07) is 2.06. The lowest BCUT2D eigenvalue weighted by Gasteiger charge is -2.53. The van der Waals surface area contributed by atoms with Crippen LogP contribution in [0.1, 0.15) is 66.2 Å². The summed E-state index contributed by atoms with van der Waals surface area (Å²) in [5, 5.41) is 1.08. The van der Waals surface area contributed by atoms with Crippen LogP contribution in [0.5, 0.6) is 11.8 Å². The average molecular weight is 701 g/mol. The Bertz CT molecular complexity index is 1390. The zero-order chi connectivity index (χ0) is 31.4. The smallest absolute Gasteiger partial charge is 0.410 e. The van der Waals surface area contributed by atoms with Crippen LogP contribution >= 0.6 is 27.5 Å². The van der Waals surface area contributed by atoms with Gasteiger partial charge in [-0.15, -0.1) is 0 Å². The topological polar surface area (TPSA) is 80.3 Å². The first-order valence-electron chi connectivity index (χ1n) is 15.6. The van der Waals surface area contributed by atoms with Crippen LogP contribution in [0.2, 0.25) is 5.02 Å². The molecule has 3 aliphatic heterocycles. The Kier molecular flexibility index (Phi) is 8.58. The lowest BCUT2D eigenvalue weighted by atomic mass is 9.72. The number of benzene rings is 1. The second-order valence-electron chi connectivity index (χ2n) is 13.8. The van der Waals surface area contributed by atoms with Crippen molar-refractivity contribution in [1.82, 2.24) is 19.8 Å². The molecular formula is C31H41BrClF2N5O4. The van der Waals surface area contributed by atoms with E-state index in [0.29, 0.717) is 45.1 Å². The largest absolute Gasteiger partial charge is 0.486 e. The van der Waals surface area contributed by atoms with Crippen LogP contribution in [-0.2, 0) is 4.74 Å². The summed E-state index contributed by atoms with van der Waals surface area (Å²) in [7, 11) is 0. The molecule has 3 saturated heterocycles. The van der Waals surface area contributed by atoms with Crippen molar-refractivity contribution in [2.75, 3.05) is 50.7 Å². The number of hydrogen-bond acceptors (Lipinski definition) is 8. The van der Waals surface area contributed by atoms with E-state index in [1.54, 1.807) is 11.0 Å². The highest BCUT2D eigenvalue weighted by Gasteiger charge is 2.49. The zero-order valence-corrected chi connectivity index (χ0v) is 28.1. The average Bonchev–Trinajstić information content (AvgIpc) is 2.92. The molecule has 6 rings (SSSR count). The van der Waals surface area contributed by atoms with Gasteiger partial charge in [0, 0.05) is 62.9 Å². The quantitative estimate of drug-likeness (QED) is 0.322. The monoisotopic (exact) mass is 699 g/mol. The molecule has 0 atom stereocenters. The molecule has 4 fully saturated rings. The van der Waals surface area contributed by atoms with Crippen LogP contribution in [0.3, 0.4) is 0 Å². The van der Waals surface area contributed by atoms with E-state index in [-0.39, 0.29) is 36.5 Å². The number of halogens is 4. The number of nitrogens with zero attached hydrogens (tertiary/aromatic N) is 5. The van der Waals surface area contributed by atoms with Gasteiger partial charge in [-0.3, -0.25) is 0 Å². The SMILES string of the molecule is CCN1CCC(Oc2nc(N3CCC4(CC3)CN(C(=O)OC(C)(C)C)C4)c3cc(Cl)c(Br)c(OC4CC(F)(F)C4)c3n2)CC1. The number of aromatic nitrogens is 2. The molecule has 1 amide bonds. The van der Waals surface area contributed by atoms with E-state index < -0.39 is 17.6 Å². The van der Waals surface area contributed by atoms with Crippen molar-refractivity contribution in [2.24, 2.45) is 5.41 Å². The van der Waals surface area contributed by atoms with Crippen molar-refractivity contribution in [1.29, 1.82) is 0 Å². The molecular weight excluding hydrogens is 660 g/mol. The molecule has 1 aromatic carbocycles. The highest BCUT2D eigenvalue weighted by molar-refractivity contribution is 9.10. The summed E-state index contributed by atoms with van der Waals surface area (Å²) in [6.45, 7) is 13.5. The fourth-order valence-electron chi connectivity index (χ4n) is 6.62. The van der Waals surface area contributed by atoms with E-state index in [1.807, 2.05) is 20.8 Å². The van der Waals surface area contributed by atoms with E-state index in [1.165, 1.54) is 0 Å². The highest BCUT2D eigenvalue weighted by atomic mass is 79.9. The van der Waals surface area contributed by atoms with Crippen LogP contribution in [0, 0.1) is 5.41 Å². The third-order valence-electron chi connectivity index (χ3n) is 9.22. The number of piperidine rings is 2. The van der Waals surface area contributed by atoms with Crippen LogP contribution in [-0.4, -0.2) is 95.4 Å². The summed E-state index contributed by atoms with van der Waals surface area (Å²) in [5.41, 5.74) is 0.0119.